The Hall–Kier alpha value is -5.88. The number of thiazole rings is 1. The fourth-order valence-corrected chi connectivity index (χ4v) is 8.48. The third-order valence-corrected chi connectivity index (χ3v) is 12.0. The summed E-state index contributed by atoms with van der Waals surface area (Å²) in [6.07, 6.45) is 2.34. The minimum atomic E-state index is -1.05. The topological polar surface area (TPSA) is 186 Å². The standard InChI is InChI=1S/C48H56ClN7O8S2/c1-30(52-42(58)37(54-46(60)64-48(5,6)7)13-10-9-11-14-38(57)63-47(2,3)4)45(59)62-26-25-61-35-21-17-31(18-22-35)39-36(27-50)44(55-41(40(39)51-8)56-23-12-24-56)66-29-34-28-65-43(53-34)32-15-19-33(49)20-16-32/h15-22,28,30,37H,9-14,23-26,29H2,1-7H3,(H,52,58)(H,54,60)/t30-,37-/m0/s1. The van der Waals surface area contributed by atoms with Crippen LogP contribution < -0.4 is 20.3 Å². The van der Waals surface area contributed by atoms with Crippen LogP contribution in [0.15, 0.2) is 58.9 Å². The molecule has 3 heterocycles. The van der Waals surface area contributed by atoms with Gasteiger partial charge in [-0.25, -0.2) is 24.4 Å². The van der Waals surface area contributed by atoms with E-state index < -0.39 is 41.3 Å². The number of nitriles is 1. The van der Waals surface area contributed by atoms with E-state index in [0.29, 0.717) is 69.0 Å². The number of esters is 2. The SMILES string of the molecule is [C-]#[N+]c1c(N2CCC2)nc(SCc2csc(-c3ccc(Cl)cc3)n2)c(C#N)c1-c1ccc(OCCOC(=O)[C@H](C)NC(=O)[C@H](CCCCCC(=O)OC(C)(C)C)NC(=O)OC(C)(C)C)cc1. The van der Waals surface area contributed by atoms with Gasteiger partial charge in [-0.05, 0) is 97.6 Å². The van der Waals surface area contributed by atoms with Crippen LogP contribution in [-0.2, 0) is 34.3 Å². The number of alkyl carbamates (subject to hydrolysis) is 1. The van der Waals surface area contributed by atoms with Gasteiger partial charge in [0.1, 0.15) is 64.2 Å². The van der Waals surface area contributed by atoms with Crippen LogP contribution in [0.4, 0.5) is 16.3 Å². The summed E-state index contributed by atoms with van der Waals surface area (Å²) in [5, 5.41) is 19.7. The average Bonchev–Trinajstić information content (AvgIpc) is 3.71. The maximum atomic E-state index is 13.3. The molecule has 2 aromatic heterocycles. The number of carbonyl (C=O) groups is 4. The van der Waals surface area contributed by atoms with Gasteiger partial charge in [0, 0.05) is 46.8 Å². The Morgan fingerprint density at radius 2 is 1.62 bits per heavy atom. The molecule has 15 nitrogen and oxygen atoms in total. The van der Waals surface area contributed by atoms with Gasteiger partial charge in [0.05, 0.1) is 17.8 Å². The summed E-state index contributed by atoms with van der Waals surface area (Å²) in [5.74, 6) is -0.116. The minimum Gasteiger partial charge on any atom is -0.490 e. The Bertz CT molecular complexity index is 2420. The van der Waals surface area contributed by atoms with E-state index in [0.717, 1.165) is 35.8 Å². The summed E-state index contributed by atoms with van der Waals surface area (Å²) in [6, 6.07) is 14.8. The Morgan fingerprint density at radius 3 is 2.24 bits per heavy atom. The molecule has 0 saturated carbocycles. The van der Waals surface area contributed by atoms with Gasteiger partial charge in [-0.3, -0.25) is 9.59 Å². The fourth-order valence-electron chi connectivity index (χ4n) is 6.55. The van der Waals surface area contributed by atoms with Gasteiger partial charge in [-0.2, -0.15) is 5.26 Å². The maximum absolute atomic E-state index is 13.3. The second-order valence-electron chi connectivity index (χ2n) is 17.5. The summed E-state index contributed by atoms with van der Waals surface area (Å²) in [7, 11) is 0. The second-order valence-corrected chi connectivity index (χ2v) is 19.8. The number of rotatable bonds is 20. The van der Waals surface area contributed by atoms with Gasteiger partial charge in [0.15, 0.2) is 0 Å². The zero-order chi connectivity index (χ0) is 48.0. The van der Waals surface area contributed by atoms with Crippen molar-refractivity contribution in [3.63, 3.8) is 0 Å². The van der Waals surface area contributed by atoms with E-state index in [1.165, 1.54) is 30.0 Å². The Kier molecular flexibility index (Phi) is 18.2. The lowest BCUT2D eigenvalue weighted by Gasteiger charge is -2.34. The molecule has 5 rings (SSSR count). The van der Waals surface area contributed by atoms with Crippen LogP contribution in [0.5, 0.6) is 5.75 Å². The van der Waals surface area contributed by atoms with Gasteiger partial charge in [-0.15, -0.1) is 11.3 Å². The molecule has 4 aromatic rings. The summed E-state index contributed by atoms with van der Waals surface area (Å²) in [6.45, 7) is 21.6. The van der Waals surface area contributed by atoms with Crippen molar-refractivity contribution < 1.29 is 38.1 Å². The molecular formula is C48H56ClN7O8S2. The molecule has 2 atom stereocenters. The quantitative estimate of drug-likeness (QED) is 0.0280. The monoisotopic (exact) mass is 957 g/mol. The first-order valence-electron chi connectivity index (χ1n) is 21.7. The van der Waals surface area contributed by atoms with Gasteiger partial charge in [0.25, 0.3) is 0 Å². The molecule has 2 N–H and O–H groups in total. The van der Waals surface area contributed by atoms with E-state index in [1.54, 1.807) is 65.8 Å². The number of unbranched alkanes of at least 4 members (excludes halogenated alkanes) is 2. The van der Waals surface area contributed by atoms with Crippen LogP contribution >= 0.6 is 34.7 Å². The first-order chi connectivity index (χ1) is 31.3. The largest absolute Gasteiger partial charge is 0.490 e. The predicted molar refractivity (Wildman–Crippen MR) is 256 cm³/mol. The number of anilines is 1. The number of thioether (sulfide) groups is 1. The molecule has 1 fully saturated rings. The molecule has 350 valence electrons. The lowest BCUT2D eigenvalue weighted by molar-refractivity contribution is -0.155. The zero-order valence-corrected chi connectivity index (χ0v) is 40.7. The van der Waals surface area contributed by atoms with E-state index in [-0.39, 0.29) is 32.0 Å². The maximum Gasteiger partial charge on any atom is 0.408 e. The first-order valence-corrected chi connectivity index (χ1v) is 23.9. The molecule has 0 spiro atoms. The van der Waals surface area contributed by atoms with E-state index in [4.69, 9.17) is 47.1 Å². The number of halogens is 1. The second kappa shape index (κ2) is 23.5. The number of nitrogens with zero attached hydrogens (tertiary/aromatic N) is 5. The Balaban J connectivity index is 1.17. The first kappa shape index (κ1) is 51.1. The third-order valence-electron chi connectivity index (χ3n) is 9.75. The van der Waals surface area contributed by atoms with E-state index in [2.05, 4.69) is 21.5 Å². The van der Waals surface area contributed by atoms with Crippen molar-refractivity contribution in [2.45, 2.75) is 121 Å². The van der Waals surface area contributed by atoms with E-state index in [9.17, 15) is 24.4 Å². The minimum absolute atomic E-state index is 0.000126. The Morgan fingerprint density at radius 1 is 0.939 bits per heavy atom. The molecule has 2 amide bonds. The van der Waals surface area contributed by atoms with Crippen molar-refractivity contribution in [2.75, 3.05) is 31.2 Å². The molecule has 0 unspecified atom stereocenters. The Labute approximate surface area is 399 Å². The number of carbonyl (C=O) groups excluding carboxylic acids is 4. The van der Waals surface area contributed by atoms with Crippen LogP contribution in [-0.4, -0.2) is 83.5 Å². The molecule has 1 saturated heterocycles. The molecule has 2 aromatic carbocycles. The molecule has 1 aliphatic rings. The summed E-state index contributed by atoms with van der Waals surface area (Å²) in [4.78, 5) is 66.5. The van der Waals surface area contributed by atoms with Gasteiger partial charge in [0.2, 0.25) is 11.6 Å². The van der Waals surface area contributed by atoms with Crippen LogP contribution in [0.1, 0.15) is 98.2 Å². The van der Waals surface area contributed by atoms with Crippen molar-refractivity contribution in [3.05, 3.63) is 81.6 Å². The van der Waals surface area contributed by atoms with Gasteiger partial charge in [-0.1, -0.05) is 60.5 Å². The van der Waals surface area contributed by atoms with E-state index in [1.807, 2.05) is 34.5 Å². The fraction of sp³-hybridized carbons (Fsp3) is 0.458. The lowest BCUT2D eigenvalue weighted by Crippen LogP contribution is -2.51. The van der Waals surface area contributed by atoms with Crippen molar-refractivity contribution in [1.82, 2.24) is 20.6 Å². The zero-order valence-electron chi connectivity index (χ0n) is 38.3. The number of ether oxygens (including phenoxy) is 4. The number of nitrogens with one attached hydrogen (secondary N) is 2. The smallest absolute Gasteiger partial charge is 0.408 e. The van der Waals surface area contributed by atoms with Crippen molar-refractivity contribution in [2.24, 2.45) is 0 Å². The molecular weight excluding hydrogens is 902 g/mol. The van der Waals surface area contributed by atoms with Crippen LogP contribution in [0.2, 0.25) is 5.02 Å². The highest BCUT2D eigenvalue weighted by molar-refractivity contribution is 7.98. The van der Waals surface area contributed by atoms with E-state index >= 15 is 0 Å². The third kappa shape index (κ3) is 15.4. The number of hydrogen-bond donors (Lipinski definition) is 2. The number of pyridine rings is 1. The van der Waals surface area contributed by atoms with Crippen molar-refractivity contribution in [1.29, 1.82) is 5.26 Å². The number of benzene rings is 2. The van der Waals surface area contributed by atoms with Gasteiger partial charge >= 0.3 is 18.0 Å². The molecule has 0 bridgehead atoms. The molecule has 0 aliphatic carbocycles. The molecule has 66 heavy (non-hydrogen) atoms. The molecule has 18 heteroatoms. The summed E-state index contributed by atoms with van der Waals surface area (Å²) in [5.41, 5.74) is 2.17. The summed E-state index contributed by atoms with van der Waals surface area (Å²) < 4.78 is 22.0. The average molecular weight is 959 g/mol. The van der Waals surface area contributed by atoms with Crippen LogP contribution in [0, 0.1) is 17.9 Å². The summed E-state index contributed by atoms with van der Waals surface area (Å²) >= 11 is 9.00. The van der Waals surface area contributed by atoms with Crippen LogP contribution in [0.3, 0.4) is 0 Å². The van der Waals surface area contributed by atoms with Crippen molar-refractivity contribution in [3.8, 4) is 33.5 Å². The number of amides is 2. The molecule has 0 radical (unpaired) electrons. The highest BCUT2D eigenvalue weighted by Gasteiger charge is 2.29. The highest BCUT2D eigenvalue weighted by atomic mass is 35.5. The number of aromatic nitrogens is 2. The number of hydrogen-bond acceptors (Lipinski definition) is 14. The normalized spacial score (nSPS) is 13.3. The van der Waals surface area contributed by atoms with Crippen molar-refractivity contribution >= 4 is 70.1 Å². The lowest BCUT2D eigenvalue weighted by atomic mass is 9.99. The van der Waals surface area contributed by atoms with Gasteiger partial charge < -0.3 is 34.5 Å². The molecule has 1 aliphatic heterocycles. The highest BCUT2D eigenvalue weighted by Crippen LogP contribution is 2.45. The predicted octanol–water partition coefficient (Wildman–Crippen LogP) is 10.1. The van der Waals surface area contributed by atoms with Crippen LogP contribution in [0.25, 0.3) is 26.5 Å².